The minimum absolute atomic E-state index is 0.379. The maximum absolute atomic E-state index is 5.93. The quantitative estimate of drug-likeness (QED) is 0.514. The number of hydrogen-bond donors (Lipinski definition) is 0. The van der Waals surface area contributed by atoms with Crippen LogP contribution >= 0.6 is 11.6 Å². The normalized spacial score (nSPS) is 9.38. The van der Waals surface area contributed by atoms with Crippen LogP contribution in [0.4, 0.5) is 0 Å². The van der Waals surface area contributed by atoms with Crippen LogP contribution in [-0.2, 0) is 0 Å². The molecule has 3 nitrogen and oxygen atoms in total. The van der Waals surface area contributed by atoms with E-state index >= 15 is 0 Å². The van der Waals surface area contributed by atoms with Crippen LogP contribution in [0.25, 0.3) is 0 Å². The zero-order valence-electron chi connectivity index (χ0n) is 8.61. The summed E-state index contributed by atoms with van der Waals surface area (Å²) in [6.07, 6.45) is 4.82. The highest BCUT2D eigenvalue weighted by Gasteiger charge is 2.01. The maximum Gasteiger partial charge on any atom is 0.148 e. The first-order chi connectivity index (χ1) is 7.77. The number of halogens is 1. The second-order valence-corrected chi connectivity index (χ2v) is 3.47. The highest BCUT2D eigenvalue weighted by atomic mass is 35.5. The average molecular weight is 230 g/mol. The molecule has 0 bridgehead atoms. The lowest BCUT2D eigenvalue weighted by Gasteiger charge is -1.97. The van der Waals surface area contributed by atoms with Gasteiger partial charge in [0.05, 0.1) is 11.3 Å². The van der Waals surface area contributed by atoms with Crippen molar-refractivity contribution in [2.75, 3.05) is 0 Å². The first kappa shape index (κ1) is 10.6. The molecule has 4 heteroatoms. The van der Waals surface area contributed by atoms with Crippen LogP contribution in [0.5, 0.6) is 0 Å². The third-order valence-corrected chi connectivity index (χ3v) is 2.27. The lowest BCUT2D eigenvalue weighted by molar-refractivity contribution is 1.09. The van der Waals surface area contributed by atoms with Gasteiger partial charge < -0.3 is 0 Å². The summed E-state index contributed by atoms with van der Waals surface area (Å²) in [4.78, 5) is 11.9. The van der Waals surface area contributed by atoms with E-state index in [1.165, 1.54) is 6.33 Å². The number of aromatic nitrogens is 3. The fraction of sp³-hybridized carbons (Fsp3) is 0.0833. The van der Waals surface area contributed by atoms with Crippen LogP contribution < -0.4 is 0 Å². The topological polar surface area (TPSA) is 38.7 Å². The van der Waals surface area contributed by atoms with Gasteiger partial charge in [0.2, 0.25) is 0 Å². The Bertz CT molecular complexity index is 535. The van der Waals surface area contributed by atoms with Crippen molar-refractivity contribution in [1.29, 1.82) is 0 Å². The Kier molecular flexibility index (Phi) is 3.13. The van der Waals surface area contributed by atoms with Gasteiger partial charge in [-0.05, 0) is 19.1 Å². The molecule has 0 aliphatic heterocycles. The molecule has 2 aromatic heterocycles. The smallest absolute Gasteiger partial charge is 0.148 e. The molecule has 0 aliphatic carbocycles. The van der Waals surface area contributed by atoms with Crippen molar-refractivity contribution in [3.05, 3.63) is 52.8 Å². The monoisotopic (exact) mass is 229 g/mol. The standard InChI is InChI=1S/C12H8ClN3/c1-9-11(12(13)16-8-15-9)5-4-10-3-2-6-14-7-10/h2-3,6-8H,1H3. The van der Waals surface area contributed by atoms with E-state index in [0.717, 1.165) is 11.3 Å². The largest absolute Gasteiger partial charge is 0.263 e. The summed E-state index contributed by atoms with van der Waals surface area (Å²) >= 11 is 5.93. The maximum atomic E-state index is 5.93. The minimum Gasteiger partial charge on any atom is -0.263 e. The summed E-state index contributed by atoms with van der Waals surface area (Å²) in [5, 5.41) is 0.379. The van der Waals surface area contributed by atoms with Gasteiger partial charge in [-0.15, -0.1) is 0 Å². The summed E-state index contributed by atoms with van der Waals surface area (Å²) < 4.78 is 0. The van der Waals surface area contributed by atoms with Gasteiger partial charge in [-0.3, -0.25) is 4.98 Å². The second kappa shape index (κ2) is 4.73. The van der Waals surface area contributed by atoms with Crippen molar-refractivity contribution < 1.29 is 0 Å². The first-order valence-electron chi connectivity index (χ1n) is 4.66. The number of aryl methyl sites for hydroxylation is 1. The van der Waals surface area contributed by atoms with E-state index in [1.807, 2.05) is 19.1 Å². The van der Waals surface area contributed by atoms with Gasteiger partial charge in [0.25, 0.3) is 0 Å². The van der Waals surface area contributed by atoms with Gasteiger partial charge in [0.1, 0.15) is 11.5 Å². The summed E-state index contributed by atoms with van der Waals surface area (Å²) in [6.45, 7) is 1.85. The van der Waals surface area contributed by atoms with E-state index in [4.69, 9.17) is 11.6 Å². The predicted molar refractivity (Wildman–Crippen MR) is 62.0 cm³/mol. The van der Waals surface area contributed by atoms with Crippen LogP contribution in [0.15, 0.2) is 30.9 Å². The van der Waals surface area contributed by atoms with Gasteiger partial charge in [-0.2, -0.15) is 0 Å². The summed E-state index contributed by atoms with van der Waals surface area (Å²) in [5.74, 6) is 5.92. The minimum atomic E-state index is 0.379. The van der Waals surface area contributed by atoms with Gasteiger partial charge in [-0.1, -0.05) is 23.4 Å². The lowest BCUT2D eigenvalue weighted by Crippen LogP contribution is -1.91. The zero-order chi connectivity index (χ0) is 11.4. The molecule has 78 valence electrons. The van der Waals surface area contributed by atoms with E-state index in [0.29, 0.717) is 10.7 Å². The van der Waals surface area contributed by atoms with Crippen LogP contribution in [0, 0.1) is 18.8 Å². The molecule has 0 saturated carbocycles. The Morgan fingerprint density at radius 2 is 2.12 bits per heavy atom. The third-order valence-electron chi connectivity index (χ3n) is 1.98. The zero-order valence-corrected chi connectivity index (χ0v) is 9.36. The molecule has 0 saturated heterocycles. The molecule has 0 aliphatic rings. The second-order valence-electron chi connectivity index (χ2n) is 3.12. The number of pyridine rings is 1. The van der Waals surface area contributed by atoms with Crippen LogP contribution in [-0.4, -0.2) is 15.0 Å². The molecular formula is C12H8ClN3. The average Bonchev–Trinajstić information content (AvgIpc) is 2.30. The van der Waals surface area contributed by atoms with Gasteiger partial charge in [-0.25, -0.2) is 9.97 Å². The molecule has 2 rings (SSSR count). The lowest BCUT2D eigenvalue weighted by atomic mass is 10.2. The highest BCUT2D eigenvalue weighted by molar-refractivity contribution is 6.30. The summed E-state index contributed by atoms with van der Waals surface area (Å²) in [7, 11) is 0. The number of rotatable bonds is 0. The molecule has 0 amide bonds. The van der Waals surface area contributed by atoms with E-state index in [9.17, 15) is 0 Å². The van der Waals surface area contributed by atoms with Crippen molar-refractivity contribution in [3.8, 4) is 11.8 Å². The Morgan fingerprint density at radius 3 is 2.81 bits per heavy atom. The van der Waals surface area contributed by atoms with Crippen LogP contribution in [0.1, 0.15) is 16.8 Å². The molecule has 0 N–H and O–H groups in total. The molecule has 2 heterocycles. The van der Waals surface area contributed by atoms with Crippen molar-refractivity contribution >= 4 is 11.6 Å². The third kappa shape index (κ3) is 2.36. The van der Waals surface area contributed by atoms with E-state index in [2.05, 4.69) is 26.8 Å². The Balaban J connectivity index is 2.39. The van der Waals surface area contributed by atoms with Gasteiger partial charge in [0.15, 0.2) is 0 Å². The molecular weight excluding hydrogens is 222 g/mol. The molecule has 0 aromatic carbocycles. The number of hydrogen-bond acceptors (Lipinski definition) is 3. The molecule has 0 unspecified atom stereocenters. The molecule has 16 heavy (non-hydrogen) atoms. The summed E-state index contributed by atoms with van der Waals surface area (Å²) in [6, 6.07) is 3.72. The van der Waals surface area contributed by atoms with Crippen molar-refractivity contribution in [2.45, 2.75) is 6.92 Å². The Labute approximate surface area is 98.5 Å². The SMILES string of the molecule is Cc1ncnc(Cl)c1C#Cc1cccnc1. The van der Waals surface area contributed by atoms with Crippen molar-refractivity contribution in [2.24, 2.45) is 0 Å². The molecule has 0 atom stereocenters. The highest BCUT2D eigenvalue weighted by Crippen LogP contribution is 2.12. The molecule has 0 spiro atoms. The number of nitrogens with zero attached hydrogens (tertiary/aromatic N) is 3. The summed E-state index contributed by atoms with van der Waals surface area (Å²) in [5.41, 5.74) is 2.27. The first-order valence-corrected chi connectivity index (χ1v) is 5.04. The van der Waals surface area contributed by atoms with Crippen LogP contribution in [0.2, 0.25) is 5.15 Å². The predicted octanol–water partition coefficient (Wildman–Crippen LogP) is 2.23. The van der Waals surface area contributed by atoms with Crippen molar-refractivity contribution in [1.82, 2.24) is 15.0 Å². The van der Waals surface area contributed by atoms with Crippen molar-refractivity contribution in [3.63, 3.8) is 0 Å². The molecule has 0 fully saturated rings. The van der Waals surface area contributed by atoms with E-state index in [-0.39, 0.29) is 0 Å². The molecule has 2 aromatic rings. The van der Waals surface area contributed by atoms with E-state index < -0.39 is 0 Å². The van der Waals surface area contributed by atoms with Crippen LogP contribution in [0.3, 0.4) is 0 Å². The van der Waals surface area contributed by atoms with E-state index in [1.54, 1.807) is 12.4 Å². The Morgan fingerprint density at radius 1 is 1.25 bits per heavy atom. The van der Waals surface area contributed by atoms with Gasteiger partial charge >= 0.3 is 0 Å². The Hall–Kier alpha value is -1.92. The fourth-order valence-corrected chi connectivity index (χ4v) is 1.39. The fourth-order valence-electron chi connectivity index (χ4n) is 1.16. The molecule has 0 radical (unpaired) electrons. The van der Waals surface area contributed by atoms with Gasteiger partial charge in [0, 0.05) is 18.0 Å².